The van der Waals surface area contributed by atoms with Crippen LogP contribution in [0.4, 0.5) is 5.82 Å². The minimum Gasteiger partial charge on any atom is -0.352 e. The number of nitrogens with one attached hydrogen (secondary N) is 1. The summed E-state index contributed by atoms with van der Waals surface area (Å²) in [5.41, 5.74) is 5.41. The van der Waals surface area contributed by atoms with E-state index in [2.05, 4.69) is 44.4 Å². The lowest BCUT2D eigenvalue weighted by atomic mass is 10.1. The number of anilines is 1. The monoisotopic (exact) mass is 424 g/mol. The van der Waals surface area contributed by atoms with Crippen molar-refractivity contribution in [2.24, 2.45) is 0 Å². The summed E-state index contributed by atoms with van der Waals surface area (Å²) in [7, 11) is 0. The van der Waals surface area contributed by atoms with E-state index >= 15 is 0 Å². The predicted octanol–water partition coefficient (Wildman–Crippen LogP) is 3.80. The van der Waals surface area contributed by atoms with Crippen LogP contribution in [0.15, 0.2) is 72.8 Å². The molecule has 2 aromatic heterocycles. The number of hydrogen-bond donors (Lipinski definition) is 1. The van der Waals surface area contributed by atoms with Crippen molar-refractivity contribution >= 4 is 11.7 Å². The van der Waals surface area contributed by atoms with Gasteiger partial charge in [0, 0.05) is 37.3 Å². The Morgan fingerprint density at radius 2 is 1.59 bits per heavy atom. The molecule has 32 heavy (non-hydrogen) atoms. The van der Waals surface area contributed by atoms with Crippen molar-refractivity contribution in [2.75, 3.05) is 31.1 Å². The molecule has 1 aliphatic heterocycles. The van der Waals surface area contributed by atoms with E-state index in [1.54, 1.807) is 0 Å². The fourth-order valence-electron chi connectivity index (χ4n) is 3.99. The highest BCUT2D eigenvalue weighted by molar-refractivity contribution is 5.93. The van der Waals surface area contributed by atoms with Gasteiger partial charge in [0.25, 0.3) is 5.91 Å². The first-order valence-electron chi connectivity index (χ1n) is 10.7. The maximum Gasteiger partial charge on any atom is 0.272 e. The van der Waals surface area contributed by atoms with Gasteiger partial charge in [0.05, 0.1) is 11.4 Å². The van der Waals surface area contributed by atoms with E-state index in [0.29, 0.717) is 31.9 Å². The maximum atomic E-state index is 12.9. The van der Waals surface area contributed by atoms with Crippen molar-refractivity contribution in [1.29, 1.82) is 0 Å². The Hall–Kier alpha value is -4.00. The van der Waals surface area contributed by atoms with Crippen LogP contribution in [0.1, 0.15) is 16.1 Å². The highest BCUT2D eigenvalue weighted by Gasteiger charge is 2.24. The Bertz CT molecular complexity index is 1210. The van der Waals surface area contributed by atoms with E-state index in [1.165, 1.54) is 5.56 Å². The smallest absolute Gasteiger partial charge is 0.272 e. The number of hydrogen-bond acceptors (Lipinski definition) is 5. The summed E-state index contributed by atoms with van der Waals surface area (Å²) < 4.78 is 0. The van der Waals surface area contributed by atoms with Crippen molar-refractivity contribution in [3.05, 3.63) is 84.1 Å². The fourth-order valence-corrected chi connectivity index (χ4v) is 3.99. The SMILES string of the molecule is Cc1ccccc1-c1ccc(N2CCN(C(=O)c3cc(-c4ccccc4)n[nH]3)CC2)nn1. The molecule has 160 valence electrons. The Morgan fingerprint density at radius 1 is 0.844 bits per heavy atom. The summed E-state index contributed by atoms with van der Waals surface area (Å²) in [5.74, 6) is 0.808. The topological polar surface area (TPSA) is 78.0 Å². The molecular formula is C25H24N6O. The van der Waals surface area contributed by atoms with Crippen LogP contribution in [0, 0.1) is 6.92 Å². The summed E-state index contributed by atoms with van der Waals surface area (Å²) in [5, 5.41) is 16.1. The predicted molar refractivity (Wildman–Crippen MR) is 124 cm³/mol. The van der Waals surface area contributed by atoms with E-state index in [-0.39, 0.29) is 5.91 Å². The third-order valence-corrected chi connectivity index (χ3v) is 5.84. The number of carbonyl (C=O) groups excluding carboxylic acids is 1. The van der Waals surface area contributed by atoms with Crippen LogP contribution in [0.2, 0.25) is 0 Å². The van der Waals surface area contributed by atoms with Crippen molar-refractivity contribution in [1.82, 2.24) is 25.3 Å². The standard InChI is InChI=1S/C25H24N6O/c1-18-7-5-6-10-20(18)21-11-12-24(29-26-21)30-13-15-31(16-14-30)25(32)23-17-22(27-28-23)19-8-3-2-4-9-19/h2-12,17H,13-16H2,1H3,(H,27,28). The minimum atomic E-state index is -0.0275. The molecule has 0 atom stereocenters. The van der Waals surface area contributed by atoms with Crippen molar-refractivity contribution in [2.45, 2.75) is 6.92 Å². The van der Waals surface area contributed by atoms with Gasteiger partial charge in [0.2, 0.25) is 0 Å². The lowest BCUT2D eigenvalue weighted by Crippen LogP contribution is -2.49. The molecule has 1 aliphatic rings. The number of amides is 1. The zero-order chi connectivity index (χ0) is 21.9. The van der Waals surface area contributed by atoms with Crippen molar-refractivity contribution < 1.29 is 4.79 Å². The van der Waals surface area contributed by atoms with Gasteiger partial charge in [-0.3, -0.25) is 9.89 Å². The number of aromatic nitrogens is 4. The molecular weight excluding hydrogens is 400 g/mol. The van der Waals surface area contributed by atoms with E-state index in [1.807, 2.05) is 65.6 Å². The lowest BCUT2D eigenvalue weighted by molar-refractivity contribution is 0.0740. The van der Waals surface area contributed by atoms with Crippen LogP contribution < -0.4 is 4.90 Å². The quantitative estimate of drug-likeness (QED) is 0.539. The van der Waals surface area contributed by atoms with Gasteiger partial charge < -0.3 is 9.80 Å². The van der Waals surface area contributed by atoms with Gasteiger partial charge in [-0.2, -0.15) is 5.10 Å². The Labute approximate surface area is 186 Å². The van der Waals surface area contributed by atoms with Gasteiger partial charge in [-0.1, -0.05) is 54.6 Å². The molecule has 0 radical (unpaired) electrons. The van der Waals surface area contributed by atoms with Crippen LogP contribution in [0.25, 0.3) is 22.5 Å². The normalized spacial score (nSPS) is 13.9. The largest absolute Gasteiger partial charge is 0.352 e. The molecule has 0 saturated carbocycles. The first-order valence-corrected chi connectivity index (χ1v) is 10.7. The maximum absolute atomic E-state index is 12.9. The highest BCUT2D eigenvalue weighted by atomic mass is 16.2. The third kappa shape index (κ3) is 3.97. The second-order valence-corrected chi connectivity index (χ2v) is 7.90. The van der Waals surface area contributed by atoms with E-state index in [9.17, 15) is 4.79 Å². The van der Waals surface area contributed by atoms with Crippen LogP contribution in [0.3, 0.4) is 0 Å². The highest BCUT2D eigenvalue weighted by Crippen LogP contribution is 2.23. The van der Waals surface area contributed by atoms with Crippen molar-refractivity contribution in [3.8, 4) is 22.5 Å². The second-order valence-electron chi connectivity index (χ2n) is 7.90. The molecule has 1 saturated heterocycles. The Balaban J connectivity index is 1.22. The number of aryl methyl sites for hydroxylation is 1. The summed E-state index contributed by atoms with van der Waals surface area (Å²) in [6.45, 7) is 4.75. The van der Waals surface area contributed by atoms with Gasteiger partial charge in [0.15, 0.2) is 5.82 Å². The average molecular weight is 425 g/mol. The molecule has 0 bridgehead atoms. The first kappa shape index (κ1) is 19.9. The number of H-pyrrole nitrogens is 1. The Kier molecular flexibility index (Phi) is 5.37. The van der Waals surface area contributed by atoms with Crippen molar-refractivity contribution in [3.63, 3.8) is 0 Å². The fraction of sp³-hybridized carbons (Fsp3) is 0.200. The molecule has 3 heterocycles. The van der Waals surface area contributed by atoms with Gasteiger partial charge >= 0.3 is 0 Å². The molecule has 4 aromatic rings. The van der Waals surface area contributed by atoms with Crippen LogP contribution in [0.5, 0.6) is 0 Å². The number of carbonyl (C=O) groups is 1. The summed E-state index contributed by atoms with van der Waals surface area (Å²) >= 11 is 0. The van der Waals surface area contributed by atoms with E-state index in [0.717, 1.165) is 28.3 Å². The number of benzene rings is 2. The van der Waals surface area contributed by atoms with Crippen LogP contribution in [-0.2, 0) is 0 Å². The molecule has 1 amide bonds. The molecule has 0 unspecified atom stereocenters. The summed E-state index contributed by atoms with van der Waals surface area (Å²) in [6.07, 6.45) is 0. The zero-order valence-electron chi connectivity index (χ0n) is 17.9. The number of nitrogens with zero attached hydrogens (tertiary/aromatic N) is 5. The molecule has 7 heteroatoms. The zero-order valence-corrected chi connectivity index (χ0v) is 17.9. The van der Waals surface area contributed by atoms with Gasteiger partial charge in [-0.15, -0.1) is 10.2 Å². The molecule has 0 aliphatic carbocycles. The first-order chi connectivity index (χ1) is 15.7. The summed E-state index contributed by atoms with van der Waals surface area (Å²) in [6, 6.07) is 23.8. The number of aromatic amines is 1. The molecule has 1 N–H and O–H groups in total. The third-order valence-electron chi connectivity index (χ3n) is 5.84. The average Bonchev–Trinajstić information content (AvgIpc) is 3.35. The molecule has 0 spiro atoms. The van der Waals surface area contributed by atoms with E-state index in [4.69, 9.17) is 0 Å². The van der Waals surface area contributed by atoms with Gasteiger partial charge in [0.1, 0.15) is 5.69 Å². The summed E-state index contributed by atoms with van der Waals surface area (Å²) in [4.78, 5) is 17.0. The van der Waals surface area contributed by atoms with Crippen LogP contribution in [-0.4, -0.2) is 57.4 Å². The van der Waals surface area contributed by atoms with Crippen LogP contribution >= 0.6 is 0 Å². The van der Waals surface area contributed by atoms with Gasteiger partial charge in [-0.05, 0) is 30.7 Å². The molecule has 2 aromatic carbocycles. The second kappa shape index (κ2) is 8.63. The molecule has 7 nitrogen and oxygen atoms in total. The van der Waals surface area contributed by atoms with Gasteiger partial charge in [-0.25, -0.2) is 0 Å². The Morgan fingerprint density at radius 3 is 2.31 bits per heavy atom. The number of piperazine rings is 1. The minimum absolute atomic E-state index is 0.0275. The lowest BCUT2D eigenvalue weighted by Gasteiger charge is -2.34. The van der Waals surface area contributed by atoms with E-state index < -0.39 is 0 Å². The number of rotatable bonds is 4. The molecule has 5 rings (SSSR count). The molecule has 1 fully saturated rings.